The molecule has 0 spiro atoms. The van der Waals surface area contributed by atoms with E-state index in [4.69, 9.17) is 5.73 Å². The SMILES string of the molecule is CCC(Nc1nc(N)nc(C)c1[N+](=O)[O-])c1nccs1. The summed E-state index contributed by atoms with van der Waals surface area (Å²) in [4.78, 5) is 22.6. The van der Waals surface area contributed by atoms with Gasteiger partial charge >= 0.3 is 5.69 Å². The third kappa shape index (κ3) is 2.82. The number of nitrogens with zero attached hydrogens (tertiary/aromatic N) is 4. The van der Waals surface area contributed by atoms with E-state index in [1.165, 1.54) is 18.3 Å². The van der Waals surface area contributed by atoms with Crippen LogP contribution in [0.25, 0.3) is 0 Å². The average molecular weight is 294 g/mol. The third-order valence-corrected chi connectivity index (χ3v) is 3.62. The highest BCUT2D eigenvalue weighted by Gasteiger charge is 2.24. The predicted octanol–water partition coefficient (Wildman–Crippen LogP) is 2.30. The highest BCUT2D eigenvalue weighted by atomic mass is 32.1. The summed E-state index contributed by atoms with van der Waals surface area (Å²) in [6.07, 6.45) is 2.41. The summed E-state index contributed by atoms with van der Waals surface area (Å²) < 4.78 is 0. The molecule has 1 atom stereocenters. The van der Waals surface area contributed by atoms with Crippen molar-refractivity contribution in [3.63, 3.8) is 0 Å². The van der Waals surface area contributed by atoms with Crippen molar-refractivity contribution in [2.45, 2.75) is 26.3 Å². The normalized spacial score (nSPS) is 12.1. The molecule has 2 aromatic rings. The monoisotopic (exact) mass is 294 g/mol. The lowest BCUT2D eigenvalue weighted by Crippen LogP contribution is -2.14. The van der Waals surface area contributed by atoms with Crippen molar-refractivity contribution in [1.82, 2.24) is 15.0 Å². The van der Waals surface area contributed by atoms with Crippen molar-refractivity contribution < 1.29 is 4.92 Å². The number of nitrogens with one attached hydrogen (secondary N) is 1. The molecular weight excluding hydrogens is 280 g/mol. The minimum atomic E-state index is -0.508. The number of aromatic nitrogens is 3. The van der Waals surface area contributed by atoms with Gasteiger partial charge in [-0.2, -0.15) is 4.98 Å². The summed E-state index contributed by atoms with van der Waals surface area (Å²) >= 11 is 1.48. The molecule has 3 N–H and O–H groups in total. The number of rotatable bonds is 5. The highest BCUT2D eigenvalue weighted by molar-refractivity contribution is 7.09. The Balaban J connectivity index is 2.39. The molecule has 0 saturated carbocycles. The first kappa shape index (κ1) is 14.1. The maximum Gasteiger partial charge on any atom is 0.332 e. The molecule has 1 unspecified atom stereocenters. The van der Waals surface area contributed by atoms with Gasteiger partial charge < -0.3 is 11.1 Å². The topological polar surface area (TPSA) is 120 Å². The molecule has 0 bridgehead atoms. The van der Waals surface area contributed by atoms with E-state index in [0.717, 1.165) is 5.01 Å². The molecule has 0 aromatic carbocycles. The Hall–Kier alpha value is -2.29. The first-order valence-corrected chi connectivity index (χ1v) is 6.85. The lowest BCUT2D eigenvalue weighted by atomic mass is 10.2. The maximum atomic E-state index is 11.1. The Morgan fingerprint density at radius 2 is 2.30 bits per heavy atom. The second-order valence-electron chi connectivity index (χ2n) is 4.10. The van der Waals surface area contributed by atoms with Gasteiger partial charge in [-0.1, -0.05) is 6.92 Å². The van der Waals surface area contributed by atoms with Crippen LogP contribution in [0.15, 0.2) is 11.6 Å². The quantitative estimate of drug-likeness (QED) is 0.641. The Morgan fingerprint density at radius 1 is 1.55 bits per heavy atom. The van der Waals surface area contributed by atoms with Crippen LogP contribution in [0.4, 0.5) is 17.5 Å². The van der Waals surface area contributed by atoms with Crippen LogP contribution >= 0.6 is 11.3 Å². The number of nitro groups is 1. The Bertz CT molecular complexity index is 616. The van der Waals surface area contributed by atoms with Gasteiger partial charge in [-0.05, 0) is 13.3 Å². The third-order valence-electron chi connectivity index (χ3n) is 2.73. The minimum absolute atomic E-state index is 0.00425. The van der Waals surface area contributed by atoms with Crippen molar-refractivity contribution in [2.75, 3.05) is 11.1 Å². The first-order chi connectivity index (χ1) is 9.52. The Labute approximate surface area is 119 Å². The molecule has 0 radical (unpaired) electrons. The van der Waals surface area contributed by atoms with Crippen molar-refractivity contribution in [1.29, 1.82) is 0 Å². The first-order valence-electron chi connectivity index (χ1n) is 5.97. The van der Waals surface area contributed by atoms with E-state index in [2.05, 4.69) is 20.3 Å². The lowest BCUT2D eigenvalue weighted by Gasteiger charge is -2.15. The Morgan fingerprint density at radius 3 is 2.85 bits per heavy atom. The van der Waals surface area contributed by atoms with E-state index in [1.54, 1.807) is 6.20 Å². The fourth-order valence-corrected chi connectivity index (χ4v) is 2.59. The van der Waals surface area contributed by atoms with Gasteiger partial charge in [-0.25, -0.2) is 9.97 Å². The van der Waals surface area contributed by atoms with E-state index < -0.39 is 4.92 Å². The van der Waals surface area contributed by atoms with Gasteiger partial charge in [0, 0.05) is 11.6 Å². The average Bonchev–Trinajstić information content (AvgIpc) is 2.88. The molecule has 8 nitrogen and oxygen atoms in total. The molecule has 2 aromatic heterocycles. The van der Waals surface area contributed by atoms with Crippen molar-refractivity contribution in [3.8, 4) is 0 Å². The fraction of sp³-hybridized carbons (Fsp3) is 0.364. The molecular formula is C11H14N6O2S. The molecule has 0 aliphatic rings. The van der Waals surface area contributed by atoms with Crippen LogP contribution in [0.3, 0.4) is 0 Å². The van der Waals surface area contributed by atoms with E-state index >= 15 is 0 Å². The zero-order valence-corrected chi connectivity index (χ0v) is 11.8. The zero-order chi connectivity index (χ0) is 14.7. The van der Waals surface area contributed by atoms with Crippen LogP contribution in [-0.4, -0.2) is 19.9 Å². The van der Waals surface area contributed by atoms with Crippen LogP contribution in [0.1, 0.15) is 30.1 Å². The second-order valence-corrected chi connectivity index (χ2v) is 5.02. The molecule has 2 heterocycles. The summed E-state index contributed by atoms with van der Waals surface area (Å²) in [6.45, 7) is 3.49. The number of aryl methyl sites for hydroxylation is 1. The van der Waals surface area contributed by atoms with E-state index in [9.17, 15) is 10.1 Å². The van der Waals surface area contributed by atoms with Gasteiger partial charge in [0.25, 0.3) is 0 Å². The van der Waals surface area contributed by atoms with E-state index in [1.807, 2.05) is 12.3 Å². The van der Waals surface area contributed by atoms with Gasteiger partial charge in [-0.3, -0.25) is 10.1 Å². The van der Waals surface area contributed by atoms with Gasteiger partial charge in [0.15, 0.2) is 0 Å². The number of nitrogens with two attached hydrogens (primary N) is 1. The Kier molecular flexibility index (Phi) is 4.08. The molecule has 0 aliphatic carbocycles. The smallest absolute Gasteiger partial charge is 0.332 e. The van der Waals surface area contributed by atoms with Crippen molar-refractivity contribution in [2.24, 2.45) is 0 Å². The highest BCUT2D eigenvalue weighted by Crippen LogP contribution is 2.30. The van der Waals surface area contributed by atoms with Crippen LogP contribution in [0.5, 0.6) is 0 Å². The summed E-state index contributed by atoms with van der Waals surface area (Å²) in [5, 5.41) is 16.9. The maximum absolute atomic E-state index is 11.1. The second kappa shape index (κ2) is 5.78. The van der Waals surface area contributed by atoms with E-state index in [0.29, 0.717) is 6.42 Å². The number of thiazole rings is 1. The van der Waals surface area contributed by atoms with Gasteiger partial charge in [-0.15, -0.1) is 11.3 Å². The zero-order valence-electron chi connectivity index (χ0n) is 11.0. The predicted molar refractivity (Wildman–Crippen MR) is 76.6 cm³/mol. The molecule has 9 heteroatoms. The molecule has 0 saturated heterocycles. The molecule has 20 heavy (non-hydrogen) atoms. The van der Waals surface area contributed by atoms with Gasteiger partial charge in [0.1, 0.15) is 10.7 Å². The molecule has 0 amide bonds. The van der Waals surface area contributed by atoms with E-state index in [-0.39, 0.29) is 29.2 Å². The van der Waals surface area contributed by atoms with Crippen LogP contribution in [-0.2, 0) is 0 Å². The largest absolute Gasteiger partial charge is 0.368 e. The standard InChI is InChI=1S/C11H14N6O2S/c1-3-7(10-13-4-5-20-10)15-9-8(17(18)19)6(2)14-11(12)16-9/h4-5,7H,3H2,1-2H3,(H3,12,14,15,16). The molecule has 0 aliphatic heterocycles. The molecule has 0 fully saturated rings. The lowest BCUT2D eigenvalue weighted by molar-refractivity contribution is -0.385. The number of hydrogen-bond donors (Lipinski definition) is 2. The summed E-state index contributed by atoms with van der Waals surface area (Å²) in [5.41, 5.74) is 5.64. The molecule has 2 rings (SSSR count). The van der Waals surface area contributed by atoms with Crippen LogP contribution in [0.2, 0.25) is 0 Å². The summed E-state index contributed by atoms with van der Waals surface area (Å²) in [6, 6.07) is -0.151. The van der Waals surface area contributed by atoms with Crippen LogP contribution < -0.4 is 11.1 Å². The van der Waals surface area contributed by atoms with Crippen LogP contribution in [0, 0.1) is 17.0 Å². The van der Waals surface area contributed by atoms with Crippen molar-refractivity contribution >= 4 is 28.8 Å². The number of nitrogen functional groups attached to an aromatic ring is 1. The van der Waals surface area contributed by atoms with Gasteiger partial charge in [0.2, 0.25) is 11.8 Å². The molecule has 106 valence electrons. The van der Waals surface area contributed by atoms with Gasteiger partial charge in [0.05, 0.1) is 11.0 Å². The minimum Gasteiger partial charge on any atom is -0.368 e. The summed E-state index contributed by atoms with van der Waals surface area (Å²) in [7, 11) is 0. The summed E-state index contributed by atoms with van der Waals surface area (Å²) in [5.74, 6) is 0.131. The number of anilines is 2. The number of hydrogen-bond acceptors (Lipinski definition) is 8. The fourth-order valence-electron chi connectivity index (χ4n) is 1.82. The van der Waals surface area contributed by atoms with Crippen molar-refractivity contribution in [3.05, 3.63) is 32.4 Å².